The maximum atomic E-state index is 8.89. The summed E-state index contributed by atoms with van der Waals surface area (Å²) in [6.07, 6.45) is 0. The molecule has 5 heteroatoms. The summed E-state index contributed by atoms with van der Waals surface area (Å²) < 4.78 is 0. The van der Waals surface area contributed by atoms with Gasteiger partial charge in [0.25, 0.3) is 0 Å². The predicted octanol–water partition coefficient (Wildman–Crippen LogP) is -3.74. The smallest absolute Gasteiger partial charge is 0.334 e. The Balaban J connectivity index is 0. The molecule has 0 atom stereocenters. The molecule has 0 fully saturated rings. The van der Waals surface area contributed by atoms with E-state index in [1.165, 1.54) is 0 Å². The highest BCUT2D eigenvalue weighted by Crippen LogP contribution is 2.08. The van der Waals surface area contributed by atoms with E-state index in [1.54, 1.807) is 31.2 Å². The van der Waals surface area contributed by atoms with E-state index in [0.717, 1.165) is 5.69 Å². The first kappa shape index (κ1) is 14.3. The molecule has 74 valence electrons. The van der Waals surface area contributed by atoms with E-state index in [4.69, 9.17) is 10.2 Å². The third-order valence-electron chi connectivity index (χ3n) is 1.19. The molecule has 13 heavy (non-hydrogen) atoms. The largest absolute Gasteiger partial charge is 1.00 e. The number of phenols is 1. The highest BCUT2D eigenvalue weighted by atomic mass is 35.5. The second-order valence-corrected chi connectivity index (χ2v) is 2.26. The lowest BCUT2D eigenvalue weighted by molar-refractivity contribution is -0.366. The van der Waals surface area contributed by atoms with Crippen LogP contribution in [0.15, 0.2) is 24.3 Å². The molecule has 1 rings (SSSR count). The molecule has 0 saturated carbocycles. The van der Waals surface area contributed by atoms with Crippen molar-refractivity contribution in [2.75, 3.05) is 0 Å². The Hall–Kier alpha value is -1.26. The first-order valence-corrected chi connectivity index (χ1v) is 3.27. The van der Waals surface area contributed by atoms with Crippen LogP contribution in [0.5, 0.6) is 5.75 Å². The SMILES string of the molecule is CC(O)=[NH+]c1ccc(O)cc1.O.[Cl-]. The summed E-state index contributed by atoms with van der Waals surface area (Å²) in [7, 11) is 0. The van der Waals surface area contributed by atoms with Crippen molar-refractivity contribution in [1.29, 1.82) is 0 Å². The third kappa shape index (κ3) is 5.05. The van der Waals surface area contributed by atoms with Gasteiger partial charge in [-0.1, -0.05) is 0 Å². The fraction of sp³-hybridized carbons (Fsp3) is 0.125. The number of nitrogens with one attached hydrogen (secondary N) is 1. The molecule has 0 bridgehead atoms. The molecule has 0 aliphatic rings. The zero-order valence-corrected chi connectivity index (χ0v) is 7.84. The van der Waals surface area contributed by atoms with Crippen LogP contribution < -0.4 is 17.4 Å². The summed E-state index contributed by atoms with van der Waals surface area (Å²) >= 11 is 0. The Morgan fingerprint density at radius 3 is 2.08 bits per heavy atom. The summed E-state index contributed by atoms with van der Waals surface area (Å²) in [5.74, 6) is 0.349. The number of hydrogen-bond donors (Lipinski definition) is 3. The lowest BCUT2D eigenvalue weighted by Gasteiger charge is -1.88. The highest BCUT2D eigenvalue weighted by Gasteiger charge is 1.96. The number of aliphatic hydroxyl groups is 1. The average Bonchev–Trinajstić information content (AvgIpc) is 1.93. The van der Waals surface area contributed by atoms with Crippen LogP contribution in [0.3, 0.4) is 0 Å². The zero-order chi connectivity index (χ0) is 8.27. The van der Waals surface area contributed by atoms with Gasteiger partial charge >= 0.3 is 5.90 Å². The van der Waals surface area contributed by atoms with E-state index in [2.05, 4.69) is 4.99 Å². The minimum Gasteiger partial charge on any atom is -1.00 e. The van der Waals surface area contributed by atoms with E-state index in [0.29, 0.717) is 0 Å². The zero-order valence-electron chi connectivity index (χ0n) is 7.08. The van der Waals surface area contributed by atoms with E-state index >= 15 is 0 Å². The van der Waals surface area contributed by atoms with Crippen LogP contribution >= 0.6 is 0 Å². The molecular weight excluding hydrogens is 194 g/mol. The lowest BCUT2D eigenvalue weighted by atomic mass is 10.3. The van der Waals surface area contributed by atoms with Gasteiger partial charge in [-0.3, -0.25) is 0 Å². The Morgan fingerprint density at radius 2 is 1.69 bits per heavy atom. The Kier molecular flexibility index (Phi) is 6.89. The van der Waals surface area contributed by atoms with Crippen molar-refractivity contribution in [3.8, 4) is 5.75 Å². The number of benzene rings is 1. The number of halogens is 1. The van der Waals surface area contributed by atoms with E-state index < -0.39 is 0 Å². The molecule has 0 amide bonds. The maximum absolute atomic E-state index is 8.89. The van der Waals surface area contributed by atoms with Gasteiger partial charge in [-0.25, -0.2) is 0 Å². The summed E-state index contributed by atoms with van der Waals surface area (Å²) in [5.41, 5.74) is 0.753. The van der Waals surface area contributed by atoms with Gasteiger partial charge in [0, 0.05) is 12.1 Å². The number of hydrogen-bond acceptors (Lipinski definition) is 1. The molecule has 0 saturated heterocycles. The van der Waals surface area contributed by atoms with Crippen molar-refractivity contribution in [3.05, 3.63) is 24.3 Å². The predicted molar refractivity (Wildman–Crippen MR) is 45.7 cm³/mol. The number of phenolic OH excluding ortho intramolecular Hbond substituents is 1. The molecule has 0 aliphatic carbocycles. The Bertz CT molecular complexity index is 267. The highest BCUT2D eigenvalue weighted by molar-refractivity contribution is 5.65. The van der Waals surface area contributed by atoms with Crippen molar-refractivity contribution >= 4 is 11.6 Å². The monoisotopic (exact) mass is 205 g/mol. The topological polar surface area (TPSA) is 85.9 Å². The Labute approximate surface area is 82.3 Å². The normalized spacial score (nSPS) is 9.77. The second-order valence-electron chi connectivity index (χ2n) is 2.26. The van der Waals surface area contributed by atoms with E-state index in [9.17, 15) is 0 Å². The molecule has 5 N–H and O–H groups in total. The molecule has 0 aromatic heterocycles. The lowest BCUT2D eigenvalue weighted by Crippen LogP contribution is -3.00. The fourth-order valence-electron chi connectivity index (χ4n) is 0.754. The van der Waals surface area contributed by atoms with Crippen molar-refractivity contribution in [1.82, 2.24) is 0 Å². The van der Waals surface area contributed by atoms with E-state index in [1.807, 2.05) is 0 Å². The molecule has 0 heterocycles. The molecule has 0 radical (unpaired) electrons. The Morgan fingerprint density at radius 1 is 1.23 bits per heavy atom. The fourth-order valence-corrected chi connectivity index (χ4v) is 0.754. The standard InChI is InChI=1S/C8H9NO2.ClH.H2O/c1-6(10)9-7-2-4-8(11)5-3-7;;/h2-5,11H,1H3,(H,9,10);1H;1H2. The molecule has 0 aliphatic heterocycles. The average molecular weight is 206 g/mol. The van der Waals surface area contributed by atoms with Gasteiger partial charge in [0.1, 0.15) is 5.75 Å². The second kappa shape index (κ2) is 6.28. The van der Waals surface area contributed by atoms with Gasteiger partial charge in [0.2, 0.25) is 5.69 Å². The van der Waals surface area contributed by atoms with Gasteiger partial charge in [-0.05, 0) is 12.1 Å². The molecule has 0 spiro atoms. The van der Waals surface area contributed by atoms with Gasteiger partial charge in [0.15, 0.2) is 0 Å². The van der Waals surface area contributed by atoms with Crippen LogP contribution in [-0.4, -0.2) is 21.6 Å². The van der Waals surface area contributed by atoms with Crippen LogP contribution in [0, 0.1) is 0 Å². The van der Waals surface area contributed by atoms with Crippen LogP contribution in [0.4, 0.5) is 5.69 Å². The van der Waals surface area contributed by atoms with Crippen molar-refractivity contribution in [3.63, 3.8) is 0 Å². The van der Waals surface area contributed by atoms with Gasteiger partial charge < -0.3 is 28.1 Å². The summed E-state index contributed by atoms with van der Waals surface area (Å²) in [6, 6.07) is 6.45. The first-order valence-electron chi connectivity index (χ1n) is 3.27. The minimum absolute atomic E-state index is 0. The summed E-state index contributed by atoms with van der Waals surface area (Å²) in [4.78, 5) is 2.69. The molecular formula is C8H12ClNO3. The third-order valence-corrected chi connectivity index (χ3v) is 1.19. The van der Waals surface area contributed by atoms with E-state index in [-0.39, 0.29) is 29.5 Å². The molecule has 1 aromatic carbocycles. The van der Waals surface area contributed by atoms with Crippen molar-refractivity contribution in [2.24, 2.45) is 0 Å². The van der Waals surface area contributed by atoms with Gasteiger partial charge in [0.05, 0.1) is 6.92 Å². The van der Waals surface area contributed by atoms with Crippen molar-refractivity contribution in [2.45, 2.75) is 6.92 Å². The quantitative estimate of drug-likeness (QED) is 0.250. The summed E-state index contributed by atoms with van der Waals surface area (Å²) in [5, 5.41) is 17.7. The summed E-state index contributed by atoms with van der Waals surface area (Å²) in [6.45, 7) is 1.55. The van der Waals surface area contributed by atoms with Crippen LogP contribution in [0.1, 0.15) is 6.92 Å². The number of rotatable bonds is 1. The number of aliphatic hydroxyl groups excluding tert-OH is 1. The maximum Gasteiger partial charge on any atom is 0.334 e. The molecule has 4 nitrogen and oxygen atoms in total. The number of aromatic hydroxyl groups is 1. The minimum atomic E-state index is 0. The van der Waals surface area contributed by atoms with Crippen LogP contribution in [-0.2, 0) is 0 Å². The van der Waals surface area contributed by atoms with Gasteiger partial charge in [-0.15, -0.1) is 0 Å². The molecule has 0 unspecified atom stereocenters. The first-order chi connectivity index (χ1) is 5.18. The van der Waals surface area contributed by atoms with Crippen LogP contribution in [0.25, 0.3) is 0 Å². The van der Waals surface area contributed by atoms with Crippen molar-refractivity contribution < 1.29 is 33.1 Å². The van der Waals surface area contributed by atoms with Crippen LogP contribution in [0.2, 0.25) is 0 Å². The van der Waals surface area contributed by atoms with Gasteiger partial charge in [-0.2, -0.15) is 4.99 Å². The molecule has 1 aromatic rings.